The Kier molecular flexibility index (Phi) is 5.26. The predicted octanol–water partition coefficient (Wildman–Crippen LogP) is 2.61. The average Bonchev–Trinajstić information content (AvgIpc) is 2.21. The van der Waals surface area contributed by atoms with Crippen molar-refractivity contribution in [3.05, 3.63) is 0 Å². The summed E-state index contributed by atoms with van der Waals surface area (Å²) < 4.78 is 0. The third-order valence-corrected chi connectivity index (χ3v) is 3.69. The number of likely N-dealkylation sites (tertiary alicyclic amines) is 1. The third kappa shape index (κ3) is 3.78. The molecule has 1 aliphatic rings. The molecule has 0 saturated carbocycles. The van der Waals surface area contributed by atoms with Crippen molar-refractivity contribution >= 4 is 5.97 Å². The first-order valence-corrected chi connectivity index (χ1v) is 6.51. The van der Waals surface area contributed by atoms with Gasteiger partial charge in [-0.1, -0.05) is 20.3 Å². The molecule has 0 bridgehead atoms. The number of hydrogen-bond acceptors (Lipinski definition) is 2. The molecule has 1 heterocycles. The molecule has 0 amide bonds. The fourth-order valence-corrected chi connectivity index (χ4v) is 2.62. The van der Waals surface area contributed by atoms with Crippen molar-refractivity contribution in [3.63, 3.8) is 0 Å². The van der Waals surface area contributed by atoms with E-state index in [-0.39, 0.29) is 5.92 Å². The smallest absolute Gasteiger partial charge is 0.307 e. The SMILES string of the molecule is CCCC(C)CN1CC(C(=O)O)CCC1C. The van der Waals surface area contributed by atoms with Crippen molar-refractivity contribution in [1.82, 2.24) is 4.90 Å². The first-order valence-electron chi connectivity index (χ1n) is 6.51. The molecule has 0 aliphatic carbocycles. The second-order valence-corrected chi connectivity index (χ2v) is 5.31. The molecule has 0 spiro atoms. The van der Waals surface area contributed by atoms with E-state index in [0.717, 1.165) is 25.9 Å². The van der Waals surface area contributed by atoms with E-state index in [1.54, 1.807) is 0 Å². The Labute approximate surface area is 98.8 Å². The zero-order valence-corrected chi connectivity index (χ0v) is 10.8. The Bertz CT molecular complexity index is 230. The Morgan fingerprint density at radius 2 is 2.19 bits per heavy atom. The molecular weight excluding hydrogens is 202 g/mol. The van der Waals surface area contributed by atoms with Gasteiger partial charge in [0.1, 0.15) is 0 Å². The Morgan fingerprint density at radius 1 is 1.50 bits per heavy atom. The lowest BCUT2D eigenvalue weighted by Gasteiger charge is -2.37. The lowest BCUT2D eigenvalue weighted by Crippen LogP contribution is -2.45. The van der Waals surface area contributed by atoms with Crippen molar-refractivity contribution in [3.8, 4) is 0 Å². The predicted molar refractivity (Wildman–Crippen MR) is 65.5 cm³/mol. The lowest BCUT2D eigenvalue weighted by molar-refractivity contribution is -0.144. The molecule has 1 aliphatic heterocycles. The summed E-state index contributed by atoms with van der Waals surface area (Å²) in [6.07, 6.45) is 4.32. The number of hydrogen-bond donors (Lipinski definition) is 1. The highest BCUT2D eigenvalue weighted by molar-refractivity contribution is 5.70. The van der Waals surface area contributed by atoms with Crippen LogP contribution in [-0.4, -0.2) is 35.1 Å². The minimum atomic E-state index is -0.625. The number of carboxylic acids is 1. The fourth-order valence-electron chi connectivity index (χ4n) is 2.62. The minimum absolute atomic E-state index is 0.148. The molecule has 0 aromatic heterocycles. The number of carbonyl (C=O) groups is 1. The Hall–Kier alpha value is -0.570. The van der Waals surface area contributed by atoms with E-state index in [9.17, 15) is 4.79 Å². The van der Waals surface area contributed by atoms with Gasteiger partial charge in [-0.3, -0.25) is 9.69 Å². The van der Waals surface area contributed by atoms with Crippen LogP contribution in [0.4, 0.5) is 0 Å². The summed E-state index contributed by atoms with van der Waals surface area (Å²) in [7, 11) is 0. The molecule has 3 heteroatoms. The highest BCUT2D eigenvalue weighted by Gasteiger charge is 2.29. The van der Waals surface area contributed by atoms with Crippen molar-refractivity contribution in [2.75, 3.05) is 13.1 Å². The average molecular weight is 227 g/mol. The molecule has 0 radical (unpaired) electrons. The van der Waals surface area contributed by atoms with E-state index in [1.165, 1.54) is 12.8 Å². The number of nitrogens with zero attached hydrogens (tertiary/aromatic N) is 1. The van der Waals surface area contributed by atoms with Crippen LogP contribution in [0.5, 0.6) is 0 Å². The Balaban J connectivity index is 2.46. The molecule has 1 saturated heterocycles. The molecule has 1 fully saturated rings. The normalized spacial score (nSPS) is 28.9. The maximum Gasteiger partial charge on any atom is 0.307 e. The van der Waals surface area contributed by atoms with Gasteiger partial charge in [0.15, 0.2) is 0 Å². The third-order valence-electron chi connectivity index (χ3n) is 3.69. The molecule has 94 valence electrons. The second kappa shape index (κ2) is 6.24. The number of aliphatic carboxylic acids is 1. The molecule has 0 aromatic carbocycles. The fraction of sp³-hybridized carbons (Fsp3) is 0.923. The van der Waals surface area contributed by atoms with Gasteiger partial charge in [0, 0.05) is 19.1 Å². The van der Waals surface area contributed by atoms with Gasteiger partial charge in [-0.25, -0.2) is 0 Å². The maximum atomic E-state index is 11.0. The van der Waals surface area contributed by atoms with Gasteiger partial charge in [0.25, 0.3) is 0 Å². The van der Waals surface area contributed by atoms with Gasteiger partial charge in [-0.15, -0.1) is 0 Å². The number of piperidine rings is 1. The van der Waals surface area contributed by atoms with E-state index in [2.05, 4.69) is 25.7 Å². The van der Waals surface area contributed by atoms with Crippen molar-refractivity contribution < 1.29 is 9.90 Å². The van der Waals surface area contributed by atoms with Gasteiger partial charge in [-0.2, -0.15) is 0 Å². The summed E-state index contributed by atoms with van der Waals surface area (Å²) in [6, 6.07) is 0.551. The Morgan fingerprint density at radius 3 is 2.75 bits per heavy atom. The summed E-state index contributed by atoms with van der Waals surface area (Å²) in [6.45, 7) is 8.48. The van der Waals surface area contributed by atoms with Crippen LogP contribution in [0.3, 0.4) is 0 Å². The summed E-state index contributed by atoms with van der Waals surface area (Å²) in [5, 5.41) is 9.05. The van der Waals surface area contributed by atoms with Crippen LogP contribution in [0.25, 0.3) is 0 Å². The first kappa shape index (κ1) is 13.5. The topological polar surface area (TPSA) is 40.5 Å². The van der Waals surface area contributed by atoms with E-state index in [4.69, 9.17) is 5.11 Å². The van der Waals surface area contributed by atoms with Crippen LogP contribution >= 0.6 is 0 Å². The molecule has 16 heavy (non-hydrogen) atoms. The minimum Gasteiger partial charge on any atom is -0.481 e. The van der Waals surface area contributed by atoms with Gasteiger partial charge in [0.05, 0.1) is 5.92 Å². The van der Waals surface area contributed by atoms with E-state index in [0.29, 0.717) is 12.0 Å². The lowest BCUT2D eigenvalue weighted by atomic mass is 9.92. The van der Waals surface area contributed by atoms with Crippen molar-refractivity contribution in [2.24, 2.45) is 11.8 Å². The van der Waals surface area contributed by atoms with Crippen LogP contribution in [0.2, 0.25) is 0 Å². The van der Waals surface area contributed by atoms with Crippen LogP contribution in [0, 0.1) is 11.8 Å². The zero-order valence-electron chi connectivity index (χ0n) is 10.8. The second-order valence-electron chi connectivity index (χ2n) is 5.31. The van der Waals surface area contributed by atoms with Gasteiger partial charge >= 0.3 is 5.97 Å². The van der Waals surface area contributed by atoms with Gasteiger partial charge in [-0.05, 0) is 32.1 Å². The van der Waals surface area contributed by atoms with Crippen molar-refractivity contribution in [1.29, 1.82) is 0 Å². The van der Waals surface area contributed by atoms with Crippen molar-refractivity contribution in [2.45, 2.75) is 52.5 Å². The monoisotopic (exact) mass is 227 g/mol. The summed E-state index contributed by atoms with van der Waals surface area (Å²) >= 11 is 0. The van der Waals surface area contributed by atoms with E-state index >= 15 is 0 Å². The van der Waals surface area contributed by atoms with Crippen LogP contribution in [-0.2, 0) is 4.79 Å². The van der Waals surface area contributed by atoms with E-state index in [1.807, 2.05) is 0 Å². The maximum absolute atomic E-state index is 11.0. The van der Waals surface area contributed by atoms with Crippen LogP contribution < -0.4 is 0 Å². The first-order chi connectivity index (χ1) is 7.54. The number of rotatable bonds is 5. The number of carboxylic acid groups (broad SMARTS) is 1. The van der Waals surface area contributed by atoms with Gasteiger partial charge < -0.3 is 5.11 Å². The molecule has 1 N–H and O–H groups in total. The largest absolute Gasteiger partial charge is 0.481 e. The van der Waals surface area contributed by atoms with Gasteiger partial charge in [0.2, 0.25) is 0 Å². The zero-order chi connectivity index (χ0) is 12.1. The molecular formula is C13H25NO2. The van der Waals surface area contributed by atoms with Crippen LogP contribution in [0.15, 0.2) is 0 Å². The molecule has 3 unspecified atom stereocenters. The quantitative estimate of drug-likeness (QED) is 0.785. The summed E-state index contributed by atoms with van der Waals surface area (Å²) in [4.78, 5) is 13.4. The highest BCUT2D eigenvalue weighted by atomic mass is 16.4. The molecule has 3 atom stereocenters. The molecule has 0 aromatic rings. The summed E-state index contributed by atoms with van der Waals surface area (Å²) in [5.74, 6) is -0.0925. The molecule has 1 rings (SSSR count). The summed E-state index contributed by atoms with van der Waals surface area (Å²) in [5.41, 5.74) is 0. The standard InChI is InChI=1S/C13H25NO2/c1-4-5-10(2)8-14-9-12(13(15)16)7-6-11(14)3/h10-12H,4-9H2,1-3H3,(H,15,16). The van der Waals surface area contributed by atoms with Crippen LogP contribution in [0.1, 0.15) is 46.5 Å². The molecule has 3 nitrogen and oxygen atoms in total. The highest BCUT2D eigenvalue weighted by Crippen LogP contribution is 2.23. The van der Waals surface area contributed by atoms with E-state index < -0.39 is 5.97 Å².